The van der Waals surface area contributed by atoms with Crippen LogP contribution in [0.15, 0.2) is 0 Å². The van der Waals surface area contributed by atoms with Crippen LogP contribution in [0.5, 0.6) is 0 Å². The number of hydrogen-bond donors (Lipinski definition) is 1. The van der Waals surface area contributed by atoms with Crippen molar-refractivity contribution in [1.29, 1.82) is 0 Å². The summed E-state index contributed by atoms with van der Waals surface area (Å²) in [5.41, 5.74) is 0.516. The quantitative estimate of drug-likeness (QED) is 0.616. The van der Waals surface area contributed by atoms with E-state index in [0.29, 0.717) is 18.1 Å². The number of nitrogens with one attached hydrogen (secondary N) is 1. The van der Waals surface area contributed by atoms with Crippen molar-refractivity contribution < 1.29 is 4.92 Å². The Hall–Kier alpha value is -1.24. The Morgan fingerprint density at radius 2 is 2.05 bits per heavy atom. The van der Waals surface area contributed by atoms with Gasteiger partial charge in [0, 0.05) is 18.3 Å². The molecule has 1 aromatic heterocycles. The third kappa shape index (κ3) is 3.20. The molecule has 1 aromatic rings. The fraction of sp³-hybridized carbons (Fsp3) is 0.750. The average molecular weight is 286 g/mol. The van der Waals surface area contributed by atoms with Gasteiger partial charge in [-0.3, -0.25) is 10.1 Å². The lowest BCUT2D eigenvalue weighted by Gasteiger charge is -2.30. The second kappa shape index (κ2) is 6.27. The number of aromatic nitrogens is 2. The highest BCUT2D eigenvalue weighted by atomic mass is 32.2. The molecule has 6 nitrogen and oxygen atoms in total. The van der Waals surface area contributed by atoms with Gasteiger partial charge in [0.05, 0.1) is 4.92 Å². The molecule has 0 saturated heterocycles. The fourth-order valence-corrected chi connectivity index (χ4v) is 2.96. The van der Waals surface area contributed by atoms with Crippen LogP contribution in [0.25, 0.3) is 0 Å². The van der Waals surface area contributed by atoms with Crippen LogP contribution in [0.1, 0.15) is 32.4 Å². The molecule has 1 N–H and O–H groups in total. The van der Waals surface area contributed by atoms with Crippen LogP contribution in [0.4, 0.5) is 11.5 Å². The van der Waals surface area contributed by atoms with Crippen molar-refractivity contribution in [2.24, 2.45) is 7.05 Å². The molecule has 0 spiro atoms. The molecule has 0 aliphatic heterocycles. The second-order valence-electron chi connectivity index (χ2n) is 4.61. The van der Waals surface area contributed by atoms with Crippen LogP contribution in [0, 0.1) is 17.0 Å². The van der Waals surface area contributed by atoms with E-state index in [0.717, 1.165) is 12.8 Å². The molecule has 1 heterocycles. The Bertz CT molecular complexity index is 447. The Morgan fingerprint density at radius 3 is 2.47 bits per heavy atom. The Balaban J connectivity index is 2.97. The van der Waals surface area contributed by atoms with Gasteiger partial charge in [0.15, 0.2) is 0 Å². The predicted octanol–water partition coefficient (Wildman–Crippen LogP) is 2.97. The van der Waals surface area contributed by atoms with Gasteiger partial charge < -0.3 is 5.32 Å². The molecule has 0 aromatic carbocycles. The van der Waals surface area contributed by atoms with Crippen molar-refractivity contribution in [3.8, 4) is 0 Å². The molecule has 19 heavy (non-hydrogen) atoms. The minimum absolute atomic E-state index is 0.0738. The van der Waals surface area contributed by atoms with Crippen molar-refractivity contribution in [3.05, 3.63) is 15.8 Å². The van der Waals surface area contributed by atoms with Gasteiger partial charge in [-0.1, -0.05) is 13.8 Å². The summed E-state index contributed by atoms with van der Waals surface area (Å²) in [4.78, 5) is 10.7. The summed E-state index contributed by atoms with van der Waals surface area (Å²) >= 11 is 1.80. The first kappa shape index (κ1) is 15.8. The minimum Gasteiger partial charge on any atom is -0.363 e. The maximum absolute atomic E-state index is 11.1. The van der Waals surface area contributed by atoms with E-state index < -0.39 is 0 Å². The summed E-state index contributed by atoms with van der Waals surface area (Å²) in [5.74, 6) is 0.489. The number of nitro groups is 1. The zero-order valence-electron chi connectivity index (χ0n) is 12.2. The molecule has 108 valence electrons. The first-order chi connectivity index (χ1) is 8.90. The lowest BCUT2D eigenvalue weighted by atomic mass is 10.0. The van der Waals surface area contributed by atoms with Crippen LogP contribution in [-0.2, 0) is 7.05 Å². The van der Waals surface area contributed by atoms with Crippen LogP contribution in [0.3, 0.4) is 0 Å². The molecule has 0 bridgehead atoms. The van der Waals surface area contributed by atoms with Crippen LogP contribution >= 0.6 is 11.8 Å². The van der Waals surface area contributed by atoms with Crippen LogP contribution < -0.4 is 5.32 Å². The largest absolute Gasteiger partial charge is 0.363 e. The van der Waals surface area contributed by atoms with Crippen molar-refractivity contribution in [2.45, 2.75) is 38.4 Å². The fourth-order valence-electron chi connectivity index (χ4n) is 2.17. The van der Waals surface area contributed by atoms with E-state index >= 15 is 0 Å². The van der Waals surface area contributed by atoms with Gasteiger partial charge in [0.1, 0.15) is 5.69 Å². The molecule has 0 amide bonds. The summed E-state index contributed by atoms with van der Waals surface area (Å²) in [6.45, 7) is 6.64. The molecule has 7 heteroatoms. The standard InChI is InChI=1S/C12H22N4O2S/c1-6-12(7-2,19-5)8-13-11-10(16(17)18)9(3)14-15(11)4/h13H,6-8H2,1-5H3. The highest BCUT2D eigenvalue weighted by Crippen LogP contribution is 2.33. The normalized spacial score (nSPS) is 11.6. The van der Waals surface area contributed by atoms with Crippen LogP contribution in [0.2, 0.25) is 0 Å². The third-order valence-electron chi connectivity index (χ3n) is 3.67. The van der Waals surface area contributed by atoms with Gasteiger partial charge in [-0.2, -0.15) is 16.9 Å². The Morgan fingerprint density at radius 1 is 1.47 bits per heavy atom. The maximum atomic E-state index is 11.1. The molecule has 0 aliphatic rings. The number of hydrogen-bond acceptors (Lipinski definition) is 5. The second-order valence-corrected chi connectivity index (χ2v) is 5.89. The molecular weight excluding hydrogens is 264 g/mol. The average Bonchev–Trinajstić information content (AvgIpc) is 2.66. The highest BCUT2D eigenvalue weighted by molar-refractivity contribution is 8.00. The summed E-state index contributed by atoms with van der Waals surface area (Å²) in [5, 5.41) is 18.4. The monoisotopic (exact) mass is 286 g/mol. The van der Waals surface area contributed by atoms with Crippen molar-refractivity contribution >= 4 is 23.3 Å². The van der Waals surface area contributed by atoms with E-state index in [9.17, 15) is 10.1 Å². The van der Waals surface area contributed by atoms with Gasteiger partial charge >= 0.3 is 5.69 Å². The van der Waals surface area contributed by atoms with Gasteiger partial charge in [0.25, 0.3) is 0 Å². The number of anilines is 1. The summed E-state index contributed by atoms with van der Waals surface area (Å²) in [7, 11) is 1.72. The number of rotatable bonds is 7. The molecule has 0 atom stereocenters. The SMILES string of the molecule is CCC(CC)(CNc1c([N+](=O)[O-])c(C)nn1C)SC. The first-order valence-corrected chi connectivity index (χ1v) is 7.60. The Kier molecular flexibility index (Phi) is 5.22. The molecule has 0 aliphatic carbocycles. The van der Waals surface area contributed by atoms with Crippen molar-refractivity contribution in [1.82, 2.24) is 9.78 Å². The molecule has 0 unspecified atom stereocenters. The zero-order valence-corrected chi connectivity index (χ0v) is 13.0. The van der Waals surface area contributed by atoms with Crippen LogP contribution in [-0.4, -0.2) is 32.3 Å². The molecular formula is C12H22N4O2S. The summed E-state index contributed by atoms with van der Waals surface area (Å²) < 4.78 is 1.65. The van der Waals surface area contributed by atoms with E-state index in [1.165, 1.54) is 0 Å². The minimum atomic E-state index is -0.372. The summed E-state index contributed by atoms with van der Waals surface area (Å²) in [6, 6.07) is 0. The smallest absolute Gasteiger partial charge is 0.333 e. The number of nitrogens with zero attached hydrogens (tertiary/aromatic N) is 3. The summed E-state index contributed by atoms with van der Waals surface area (Å²) in [6.07, 6.45) is 4.11. The lowest BCUT2D eigenvalue weighted by Crippen LogP contribution is -2.32. The molecule has 0 saturated carbocycles. The Labute approximate surface area is 118 Å². The highest BCUT2D eigenvalue weighted by Gasteiger charge is 2.29. The molecule has 1 rings (SSSR count). The molecule has 0 radical (unpaired) electrons. The number of thioether (sulfide) groups is 1. The van der Waals surface area contributed by atoms with Gasteiger partial charge in [-0.05, 0) is 26.0 Å². The van der Waals surface area contributed by atoms with E-state index in [1.807, 2.05) is 0 Å². The van der Waals surface area contributed by atoms with E-state index in [-0.39, 0.29) is 15.4 Å². The van der Waals surface area contributed by atoms with Gasteiger partial charge in [-0.15, -0.1) is 0 Å². The van der Waals surface area contributed by atoms with E-state index in [2.05, 4.69) is 30.5 Å². The zero-order chi connectivity index (χ0) is 14.6. The topological polar surface area (TPSA) is 73.0 Å². The third-order valence-corrected chi connectivity index (χ3v) is 5.26. The van der Waals surface area contributed by atoms with Crippen molar-refractivity contribution in [2.75, 3.05) is 18.1 Å². The molecule has 0 fully saturated rings. The first-order valence-electron chi connectivity index (χ1n) is 6.37. The lowest BCUT2D eigenvalue weighted by molar-refractivity contribution is -0.384. The van der Waals surface area contributed by atoms with Gasteiger partial charge in [0.2, 0.25) is 5.82 Å². The maximum Gasteiger partial charge on any atom is 0.333 e. The van der Waals surface area contributed by atoms with Gasteiger partial charge in [-0.25, -0.2) is 4.68 Å². The number of aryl methyl sites for hydroxylation is 2. The predicted molar refractivity (Wildman–Crippen MR) is 79.9 cm³/mol. The van der Waals surface area contributed by atoms with E-state index in [1.54, 1.807) is 30.4 Å². The van der Waals surface area contributed by atoms with E-state index in [4.69, 9.17) is 0 Å². The van der Waals surface area contributed by atoms with Crippen molar-refractivity contribution in [3.63, 3.8) is 0 Å².